The summed E-state index contributed by atoms with van der Waals surface area (Å²) in [4.78, 5) is 12.3. The van der Waals surface area contributed by atoms with Gasteiger partial charge in [0.1, 0.15) is 11.7 Å². The van der Waals surface area contributed by atoms with E-state index in [0.29, 0.717) is 5.56 Å². The molecular weight excluding hydrogens is 344 g/mol. The molecule has 2 rings (SSSR count). The van der Waals surface area contributed by atoms with Gasteiger partial charge in [0.25, 0.3) is 5.69 Å². The molecule has 1 aliphatic heterocycles. The molecule has 21 heavy (non-hydrogen) atoms. The summed E-state index contributed by atoms with van der Waals surface area (Å²) >= 11 is 5.77. The molecular formula is C12H17Cl3FN3O2. The van der Waals surface area contributed by atoms with Crippen LogP contribution in [0.3, 0.4) is 0 Å². The fourth-order valence-electron chi connectivity index (χ4n) is 2.27. The number of hydrogen-bond donors (Lipinski definition) is 1. The van der Waals surface area contributed by atoms with E-state index in [9.17, 15) is 14.5 Å². The van der Waals surface area contributed by atoms with Crippen LogP contribution in [0.15, 0.2) is 18.2 Å². The smallest absolute Gasteiger partial charge is 0.288 e. The van der Waals surface area contributed by atoms with Crippen molar-refractivity contribution in [1.82, 2.24) is 10.2 Å². The molecule has 0 unspecified atom stereocenters. The van der Waals surface area contributed by atoms with Crippen molar-refractivity contribution in [2.45, 2.75) is 6.04 Å². The minimum Gasteiger partial charge on any atom is -0.314 e. The molecule has 1 heterocycles. The molecule has 1 fully saturated rings. The summed E-state index contributed by atoms with van der Waals surface area (Å²) in [6.07, 6.45) is 0. The lowest BCUT2D eigenvalue weighted by Crippen LogP contribution is -2.45. The largest absolute Gasteiger partial charge is 0.314 e. The first-order valence-corrected chi connectivity index (χ1v) is 6.46. The van der Waals surface area contributed by atoms with Gasteiger partial charge in [-0.15, -0.1) is 24.8 Å². The van der Waals surface area contributed by atoms with Gasteiger partial charge in [-0.1, -0.05) is 17.7 Å². The van der Waals surface area contributed by atoms with Crippen LogP contribution in [0.2, 0.25) is 5.02 Å². The summed E-state index contributed by atoms with van der Waals surface area (Å²) < 4.78 is 13.3. The minimum atomic E-state index is -0.571. The van der Waals surface area contributed by atoms with Crippen LogP contribution in [0, 0.1) is 10.1 Å². The maximum Gasteiger partial charge on any atom is 0.288 e. The van der Waals surface area contributed by atoms with Crippen LogP contribution < -0.4 is 5.32 Å². The van der Waals surface area contributed by atoms with Crippen molar-refractivity contribution in [2.75, 3.05) is 32.9 Å². The Morgan fingerprint density at radius 2 is 2.00 bits per heavy atom. The van der Waals surface area contributed by atoms with E-state index in [4.69, 9.17) is 11.6 Å². The molecule has 9 heteroatoms. The van der Waals surface area contributed by atoms with Gasteiger partial charge in [0.2, 0.25) is 0 Å². The fourth-order valence-corrected chi connectivity index (χ4v) is 2.45. The second-order valence-corrected chi connectivity index (χ2v) is 4.83. The second-order valence-electron chi connectivity index (χ2n) is 4.42. The zero-order chi connectivity index (χ0) is 13.8. The van der Waals surface area contributed by atoms with Crippen molar-refractivity contribution in [1.29, 1.82) is 0 Å². The van der Waals surface area contributed by atoms with Crippen LogP contribution in [0.4, 0.5) is 10.1 Å². The van der Waals surface area contributed by atoms with Crippen LogP contribution in [0.5, 0.6) is 0 Å². The normalized spacial score (nSPS) is 16.5. The first-order chi connectivity index (χ1) is 9.13. The summed E-state index contributed by atoms with van der Waals surface area (Å²) in [6, 6.07) is 4.04. The van der Waals surface area contributed by atoms with Gasteiger partial charge in [-0.2, -0.15) is 0 Å². The molecule has 0 saturated carbocycles. The maximum atomic E-state index is 13.3. The van der Waals surface area contributed by atoms with E-state index in [1.54, 1.807) is 6.07 Å². The first kappa shape index (κ1) is 20.3. The Hall–Kier alpha value is -0.660. The molecule has 0 spiro atoms. The number of nitrogens with one attached hydrogen (secondary N) is 1. The van der Waals surface area contributed by atoms with Gasteiger partial charge in [0, 0.05) is 32.2 Å². The average molecular weight is 361 g/mol. The van der Waals surface area contributed by atoms with Crippen molar-refractivity contribution < 1.29 is 9.31 Å². The van der Waals surface area contributed by atoms with Crippen LogP contribution in [0.25, 0.3) is 0 Å². The van der Waals surface area contributed by atoms with Gasteiger partial charge in [-0.3, -0.25) is 15.0 Å². The molecule has 120 valence electrons. The van der Waals surface area contributed by atoms with E-state index in [2.05, 4.69) is 5.32 Å². The van der Waals surface area contributed by atoms with Crippen LogP contribution in [-0.2, 0) is 0 Å². The van der Waals surface area contributed by atoms with E-state index in [-0.39, 0.29) is 35.5 Å². The molecule has 0 radical (unpaired) electrons. The Bertz CT molecular complexity index is 473. The van der Waals surface area contributed by atoms with Gasteiger partial charge >= 0.3 is 0 Å². The molecule has 1 saturated heterocycles. The number of nitro benzene ring substituents is 1. The Morgan fingerprint density at radius 1 is 1.38 bits per heavy atom. The van der Waals surface area contributed by atoms with Gasteiger partial charge < -0.3 is 5.32 Å². The molecule has 1 N–H and O–H groups in total. The molecule has 1 atom stereocenters. The minimum absolute atomic E-state index is 0. The second kappa shape index (κ2) is 9.38. The summed E-state index contributed by atoms with van der Waals surface area (Å²) in [6.45, 7) is 2.48. The predicted molar refractivity (Wildman–Crippen MR) is 85.8 cm³/mol. The van der Waals surface area contributed by atoms with E-state index in [1.165, 1.54) is 12.1 Å². The highest BCUT2D eigenvalue weighted by atomic mass is 35.5. The molecule has 0 aromatic heterocycles. The van der Waals surface area contributed by atoms with Crippen molar-refractivity contribution in [3.8, 4) is 0 Å². The summed E-state index contributed by atoms with van der Waals surface area (Å²) in [5, 5.41) is 14.1. The first-order valence-electron chi connectivity index (χ1n) is 6.08. The monoisotopic (exact) mass is 359 g/mol. The molecule has 0 amide bonds. The van der Waals surface area contributed by atoms with E-state index < -0.39 is 17.6 Å². The lowest BCUT2D eigenvalue weighted by Gasteiger charge is -2.33. The van der Waals surface area contributed by atoms with Crippen LogP contribution >= 0.6 is 36.4 Å². The highest BCUT2D eigenvalue weighted by Crippen LogP contribution is 2.30. The highest BCUT2D eigenvalue weighted by Gasteiger charge is 2.24. The predicted octanol–water partition coefficient (Wildman–Crippen LogP) is 3.01. The lowest BCUT2D eigenvalue weighted by molar-refractivity contribution is -0.384. The maximum absolute atomic E-state index is 13.3. The Kier molecular flexibility index (Phi) is 9.08. The highest BCUT2D eigenvalue weighted by molar-refractivity contribution is 6.32. The number of halogens is 4. The zero-order valence-corrected chi connectivity index (χ0v) is 13.5. The number of hydrogen-bond acceptors (Lipinski definition) is 4. The van der Waals surface area contributed by atoms with Gasteiger partial charge in [-0.25, -0.2) is 4.39 Å². The third-order valence-corrected chi connectivity index (χ3v) is 3.61. The molecule has 5 nitrogen and oxygen atoms in total. The van der Waals surface area contributed by atoms with Crippen molar-refractivity contribution >= 4 is 42.1 Å². The Morgan fingerprint density at radius 3 is 2.52 bits per heavy atom. The van der Waals surface area contributed by atoms with E-state index in [1.807, 2.05) is 4.90 Å². The number of alkyl halides is 1. The molecule has 1 aromatic rings. The van der Waals surface area contributed by atoms with Gasteiger partial charge in [0.05, 0.1) is 11.0 Å². The van der Waals surface area contributed by atoms with Crippen molar-refractivity contribution in [3.05, 3.63) is 38.9 Å². The average Bonchev–Trinajstić information content (AvgIpc) is 2.42. The standard InChI is InChI=1S/C12H15ClFN3O2.2ClH/c13-10-2-1-9(7-11(10)17(18)19)12(8-14)16-5-3-15-4-6-16;;/h1-2,7,12,15H,3-6,8H2;2*1H/t12-;;/m1../s1. The SMILES string of the molecule is Cl.Cl.O=[N+]([O-])c1cc([C@@H](CF)N2CCNCC2)ccc1Cl. The van der Waals surface area contributed by atoms with Crippen LogP contribution in [0.1, 0.15) is 11.6 Å². The lowest BCUT2D eigenvalue weighted by atomic mass is 10.0. The van der Waals surface area contributed by atoms with Crippen LogP contribution in [-0.4, -0.2) is 42.7 Å². The fraction of sp³-hybridized carbons (Fsp3) is 0.500. The summed E-state index contributed by atoms with van der Waals surface area (Å²) in [7, 11) is 0. The van der Waals surface area contributed by atoms with Gasteiger partial charge in [0.15, 0.2) is 0 Å². The van der Waals surface area contributed by atoms with Crippen molar-refractivity contribution in [3.63, 3.8) is 0 Å². The van der Waals surface area contributed by atoms with Gasteiger partial charge in [-0.05, 0) is 11.6 Å². The summed E-state index contributed by atoms with van der Waals surface area (Å²) in [5.41, 5.74) is 0.424. The Balaban J connectivity index is 0.00000200. The number of benzene rings is 1. The quantitative estimate of drug-likeness (QED) is 0.662. The molecule has 1 aromatic carbocycles. The van der Waals surface area contributed by atoms with E-state index in [0.717, 1.165) is 26.2 Å². The molecule has 0 bridgehead atoms. The third-order valence-electron chi connectivity index (χ3n) is 3.29. The zero-order valence-electron chi connectivity index (χ0n) is 11.1. The molecule has 1 aliphatic rings. The van der Waals surface area contributed by atoms with E-state index >= 15 is 0 Å². The number of piperazine rings is 1. The number of rotatable bonds is 4. The third kappa shape index (κ3) is 4.93. The summed E-state index contributed by atoms with van der Waals surface area (Å²) in [5.74, 6) is 0. The topological polar surface area (TPSA) is 58.4 Å². The Labute approximate surface area is 139 Å². The number of nitro groups is 1. The molecule has 0 aliphatic carbocycles. The number of nitrogens with zero attached hydrogens (tertiary/aromatic N) is 2. The van der Waals surface area contributed by atoms with Crippen molar-refractivity contribution in [2.24, 2.45) is 0 Å².